The summed E-state index contributed by atoms with van der Waals surface area (Å²) in [5.74, 6) is 0. The van der Waals surface area contributed by atoms with Crippen LogP contribution in [0.5, 0.6) is 0 Å². The Morgan fingerprint density at radius 1 is 0.482 bits per heavy atom. The van der Waals surface area contributed by atoms with Crippen molar-refractivity contribution in [2.45, 2.75) is 213 Å². The summed E-state index contributed by atoms with van der Waals surface area (Å²) in [6.45, 7) is 42.2. The lowest BCUT2D eigenvalue weighted by Gasteiger charge is -2.52. The molecule has 0 N–H and O–H groups in total. The minimum absolute atomic E-state index is 0.00922. The van der Waals surface area contributed by atoms with Crippen LogP contribution >= 0.6 is 22.7 Å². The second-order valence-corrected chi connectivity index (χ2v) is 34.0. The second-order valence-electron chi connectivity index (χ2n) is 31.9. The standard InChI is InChI=1S/C77H86BN3S2/c1-45-36-46(70(2,3)4)24-29-60(45)79(49-25-27-52-51-22-18-19-23-63(51)82-64(52)42-49)50-40-61-66-62(41-50)81-68-58(76(16)30-20-21-31-77(76,81)17)37-47(71(5,6)7)38-59(68)78(66)69-67(53-43-56-57(44-65(53)83-69)75(14,15)35-34-74(56,12)13)80(61)48-26-28-54-55(39-48)73(10,11)33-32-72(54,8)9/h18-19,22-29,36-44H,20-21,30-35H2,1-17H3. The summed E-state index contributed by atoms with van der Waals surface area (Å²) in [6, 6.07) is 47.5. The van der Waals surface area contributed by atoms with Crippen molar-refractivity contribution in [3.05, 3.63) is 160 Å². The molecule has 5 heterocycles. The number of anilines is 8. The van der Waals surface area contributed by atoms with Crippen molar-refractivity contribution in [1.82, 2.24) is 0 Å². The van der Waals surface area contributed by atoms with Crippen LogP contribution in [0.2, 0.25) is 0 Å². The number of thiophene rings is 2. The summed E-state index contributed by atoms with van der Waals surface area (Å²) in [5.41, 5.74) is 25.3. The fourth-order valence-corrected chi connectivity index (χ4v) is 19.5. The Balaban J connectivity index is 1.11. The van der Waals surface area contributed by atoms with Crippen molar-refractivity contribution in [2.75, 3.05) is 14.7 Å². The van der Waals surface area contributed by atoms with Gasteiger partial charge in [-0.05, 0) is 201 Å². The van der Waals surface area contributed by atoms with Crippen molar-refractivity contribution >= 4 is 121 Å². The van der Waals surface area contributed by atoms with Crippen molar-refractivity contribution in [3.8, 4) is 0 Å². The van der Waals surface area contributed by atoms with Gasteiger partial charge >= 0.3 is 0 Å². The molecule has 15 rings (SSSR count). The third-order valence-electron chi connectivity index (χ3n) is 22.7. The number of hydrogen-bond acceptors (Lipinski definition) is 5. The zero-order chi connectivity index (χ0) is 58.2. The van der Waals surface area contributed by atoms with E-state index in [-0.39, 0.29) is 50.2 Å². The number of rotatable bonds is 4. The van der Waals surface area contributed by atoms with Crippen molar-refractivity contribution < 1.29 is 0 Å². The zero-order valence-corrected chi connectivity index (χ0v) is 54.5. The monoisotopic (exact) mass is 1130 g/mol. The van der Waals surface area contributed by atoms with Crippen molar-refractivity contribution in [3.63, 3.8) is 0 Å². The zero-order valence-electron chi connectivity index (χ0n) is 52.9. The van der Waals surface area contributed by atoms with Gasteiger partial charge in [-0.25, -0.2) is 0 Å². The smallest absolute Gasteiger partial charge is 0.264 e. The average molecular weight is 1130 g/mol. The highest BCUT2D eigenvalue weighted by atomic mass is 32.1. The summed E-state index contributed by atoms with van der Waals surface area (Å²) >= 11 is 4.03. The van der Waals surface area contributed by atoms with E-state index in [4.69, 9.17) is 0 Å². The maximum absolute atomic E-state index is 2.98. The Bertz CT molecular complexity index is 4280. The molecule has 1 fully saturated rings. The van der Waals surface area contributed by atoms with Crippen LogP contribution in [0.25, 0.3) is 30.3 Å². The molecule has 2 unspecified atom stereocenters. The van der Waals surface area contributed by atoms with Gasteiger partial charge in [0.15, 0.2) is 0 Å². The highest BCUT2D eigenvalue weighted by molar-refractivity contribution is 7.33. The highest BCUT2D eigenvalue weighted by Crippen LogP contribution is 2.64. The highest BCUT2D eigenvalue weighted by Gasteiger charge is 2.62. The van der Waals surface area contributed by atoms with Gasteiger partial charge in [-0.3, -0.25) is 0 Å². The number of aryl methyl sites for hydroxylation is 1. The molecule has 0 spiro atoms. The van der Waals surface area contributed by atoms with E-state index >= 15 is 0 Å². The van der Waals surface area contributed by atoms with Gasteiger partial charge in [-0.2, -0.15) is 0 Å². The summed E-state index contributed by atoms with van der Waals surface area (Å²) < 4.78 is 5.57. The maximum Gasteiger partial charge on any atom is 0.264 e. The van der Waals surface area contributed by atoms with Crippen LogP contribution in [0.4, 0.5) is 45.5 Å². The predicted octanol–water partition coefficient (Wildman–Crippen LogP) is 20.7. The lowest BCUT2D eigenvalue weighted by atomic mass is 9.36. The maximum atomic E-state index is 2.98. The number of hydrogen-bond donors (Lipinski definition) is 0. The number of nitrogens with zero attached hydrogens (tertiary/aromatic N) is 3. The van der Waals surface area contributed by atoms with Crippen LogP contribution in [0.1, 0.15) is 207 Å². The van der Waals surface area contributed by atoms with Gasteiger partial charge in [0.25, 0.3) is 6.71 Å². The van der Waals surface area contributed by atoms with Gasteiger partial charge in [0.2, 0.25) is 0 Å². The fourth-order valence-electron chi connectivity index (χ4n) is 17.1. The fraction of sp³-hybridized carbons (Fsp3) is 0.429. The predicted molar refractivity (Wildman–Crippen MR) is 364 cm³/mol. The van der Waals surface area contributed by atoms with Crippen LogP contribution in [0.15, 0.2) is 115 Å². The Morgan fingerprint density at radius 3 is 1.81 bits per heavy atom. The van der Waals surface area contributed by atoms with Gasteiger partial charge in [0.05, 0.1) is 16.9 Å². The van der Waals surface area contributed by atoms with E-state index in [0.29, 0.717) is 0 Å². The first-order valence-corrected chi connectivity index (χ1v) is 33.2. The molecular weight excluding hydrogens is 1040 g/mol. The van der Waals surface area contributed by atoms with Crippen LogP contribution in [-0.2, 0) is 37.9 Å². The van der Waals surface area contributed by atoms with Gasteiger partial charge in [-0.1, -0.05) is 171 Å². The second kappa shape index (κ2) is 17.2. The molecule has 9 aromatic rings. The Hall–Kier alpha value is -5.82. The Morgan fingerprint density at radius 2 is 1.11 bits per heavy atom. The van der Waals surface area contributed by atoms with Crippen molar-refractivity contribution in [1.29, 1.82) is 0 Å². The Labute approximate surface area is 504 Å². The molecule has 0 amide bonds. The molecule has 6 heteroatoms. The average Bonchev–Trinajstić information content (AvgIpc) is 1.60. The van der Waals surface area contributed by atoms with E-state index in [1.54, 1.807) is 11.1 Å². The van der Waals surface area contributed by atoms with E-state index in [1.807, 2.05) is 11.3 Å². The van der Waals surface area contributed by atoms with Gasteiger partial charge in [0, 0.05) is 74.6 Å². The summed E-state index contributed by atoms with van der Waals surface area (Å²) in [7, 11) is 0. The molecule has 7 aromatic carbocycles. The molecule has 2 atom stereocenters. The third-order valence-corrected chi connectivity index (χ3v) is 25.1. The van der Waals surface area contributed by atoms with E-state index in [9.17, 15) is 0 Å². The van der Waals surface area contributed by atoms with Crippen LogP contribution in [0.3, 0.4) is 0 Å². The van der Waals surface area contributed by atoms with E-state index in [0.717, 1.165) is 6.42 Å². The van der Waals surface area contributed by atoms with Crippen LogP contribution < -0.4 is 30.4 Å². The first-order chi connectivity index (χ1) is 39.0. The minimum atomic E-state index is -0.149. The molecule has 0 saturated heterocycles. The number of benzene rings is 7. The van der Waals surface area contributed by atoms with Crippen LogP contribution in [0, 0.1) is 6.92 Å². The first-order valence-electron chi connectivity index (χ1n) is 31.6. The summed E-state index contributed by atoms with van der Waals surface area (Å²) in [5, 5.41) is 4.07. The quantitative estimate of drug-likeness (QED) is 0.163. The van der Waals surface area contributed by atoms with Gasteiger partial charge in [-0.15, -0.1) is 22.7 Å². The lowest BCUT2D eigenvalue weighted by molar-refractivity contribution is 0.195. The molecule has 0 radical (unpaired) electrons. The molecule has 6 aliphatic rings. The molecule has 0 bridgehead atoms. The van der Waals surface area contributed by atoms with Crippen molar-refractivity contribution in [2.24, 2.45) is 0 Å². The molecule has 3 aliphatic carbocycles. The minimum Gasteiger partial charge on any atom is -0.335 e. The Kier molecular flexibility index (Phi) is 11.2. The van der Waals surface area contributed by atoms with Crippen LogP contribution in [-0.4, -0.2) is 12.3 Å². The number of fused-ring (bicyclic) bond motifs is 14. The van der Waals surface area contributed by atoms with Gasteiger partial charge in [0.1, 0.15) is 0 Å². The normalized spacial score (nSPS) is 22.3. The van der Waals surface area contributed by atoms with E-state index < -0.39 is 0 Å². The lowest BCUT2D eigenvalue weighted by Crippen LogP contribution is -2.64. The molecule has 83 heavy (non-hydrogen) atoms. The largest absolute Gasteiger partial charge is 0.335 e. The SMILES string of the molecule is Cc1cc(C(C)(C)C)ccc1N(c1cc2c3c(c1)N1c4c(cc(C(C)(C)C)cc4C4(C)CCCCC14C)B3c1sc3cc4c(cc3c1N2c1ccc2c(c1)C(C)(C)CCC2(C)C)C(C)(C)CCC4(C)C)c1ccc2c(c1)sc1ccccc12. The van der Waals surface area contributed by atoms with Gasteiger partial charge < -0.3 is 14.7 Å². The molecule has 1 saturated carbocycles. The molecule has 2 aromatic heterocycles. The summed E-state index contributed by atoms with van der Waals surface area (Å²) in [4.78, 5) is 8.47. The molecule has 3 aliphatic heterocycles. The molecular formula is C77H86BN3S2. The molecule has 3 nitrogen and oxygen atoms in total. The van der Waals surface area contributed by atoms with E-state index in [2.05, 4.69) is 259 Å². The van der Waals surface area contributed by atoms with E-state index in [1.165, 1.54) is 170 Å². The molecule has 424 valence electrons. The summed E-state index contributed by atoms with van der Waals surface area (Å²) in [6.07, 6.45) is 9.56. The first kappa shape index (κ1) is 53.9. The topological polar surface area (TPSA) is 9.72 Å². The third kappa shape index (κ3) is 7.52.